The van der Waals surface area contributed by atoms with E-state index in [1.54, 1.807) is 36.4 Å². The summed E-state index contributed by atoms with van der Waals surface area (Å²) in [5.41, 5.74) is 0.773. The number of fused-ring (bicyclic) bond motifs is 2. The van der Waals surface area contributed by atoms with Crippen molar-refractivity contribution >= 4 is 27.8 Å². The third-order valence-corrected chi connectivity index (χ3v) is 6.54. The van der Waals surface area contributed by atoms with Crippen molar-refractivity contribution in [2.45, 2.75) is 12.3 Å². The maximum absolute atomic E-state index is 13.4. The van der Waals surface area contributed by atoms with Crippen molar-refractivity contribution in [3.8, 4) is 28.4 Å². The van der Waals surface area contributed by atoms with Crippen LogP contribution < -0.4 is 15.7 Å². The molecule has 0 amide bonds. The number of phenolic OH excluding ortho intramolecular Hbond substituents is 2. The second-order valence-electron chi connectivity index (χ2n) is 8.74. The summed E-state index contributed by atoms with van der Waals surface area (Å²) in [4.78, 5) is 42.0. The molecule has 1 atom stereocenters. The second-order valence-corrected chi connectivity index (χ2v) is 8.74. The highest BCUT2D eigenvalue weighted by atomic mass is 16.5. The summed E-state index contributed by atoms with van der Waals surface area (Å²) in [6.45, 7) is 0. The Bertz CT molecular complexity index is 1800. The van der Waals surface area contributed by atoms with Crippen LogP contribution in [0.3, 0.4) is 0 Å². The first-order valence-corrected chi connectivity index (χ1v) is 11.6. The van der Waals surface area contributed by atoms with Crippen LogP contribution in [0.1, 0.15) is 23.5 Å². The van der Waals surface area contributed by atoms with E-state index in [1.807, 2.05) is 0 Å². The van der Waals surface area contributed by atoms with Gasteiger partial charge in [0.2, 0.25) is 5.43 Å². The van der Waals surface area contributed by atoms with Crippen LogP contribution >= 0.6 is 0 Å². The van der Waals surface area contributed by atoms with E-state index >= 15 is 0 Å². The number of pyridine rings is 1. The minimum atomic E-state index is -0.996. The fraction of sp³-hybridized carbons (Fsp3) is 0.138. The number of nitrogens with one attached hydrogen (secondary N) is 1. The van der Waals surface area contributed by atoms with Gasteiger partial charge in [-0.2, -0.15) is 0 Å². The molecule has 2 heterocycles. The van der Waals surface area contributed by atoms with Crippen molar-refractivity contribution in [1.82, 2.24) is 4.98 Å². The number of H-pyrrole nitrogens is 1. The van der Waals surface area contributed by atoms with Gasteiger partial charge in [-0.15, -0.1) is 0 Å². The van der Waals surface area contributed by atoms with Crippen molar-refractivity contribution in [2.24, 2.45) is 0 Å². The third-order valence-electron chi connectivity index (χ3n) is 6.54. The number of aromatic amines is 1. The van der Waals surface area contributed by atoms with E-state index in [-0.39, 0.29) is 51.0 Å². The number of carbonyl (C=O) groups excluding carboxylic acids is 1. The number of hydrogen-bond acceptors (Lipinski definition) is 8. The van der Waals surface area contributed by atoms with Gasteiger partial charge in [-0.3, -0.25) is 14.4 Å². The summed E-state index contributed by atoms with van der Waals surface area (Å²) in [7, 11) is 2.74. The number of benzene rings is 3. The molecule has 3 aromatic carbocycles. The average molecular weight is 514 g/mol. The van der Waals surface area contributed by atoms with Crippen molar-refractivity contribution in [3.05, 3.63) is 98.6 Å². The van der Waals surface area contributed by atoms with Gasteiger partial charge in [0.25, 0.3) is 5.56 Å². The zero-order valence-corrected chi connectivity index (χ0v) is 20.5. The molecule has 0 aliphatic carbocycles. The molecule has 0 unspecified atom stereocenters. The molecule has 0 spiro atoms. The zero-order valence-electron chi connectivity index (χ0n) is 20.5. The van der Waals surface area contributed by atoms with Crippen molar-refractivity contribution in [2.75, 3.05) is 14.2 Å². The average Bonchev–Trinajstić information content (AvgIpc) is 2.92. The third kappa shape index (κ3) is 4.34. The maximum Gasteiger partial charge on any atom is 0.306 e. The second kappa shape index (κ2) is 9.78. The predicted octanol–water partition coefficient (Wildman–Crippen LogP) is 4.42. The lowest BCUT2D eigenvalue weighted by Gasteiger charge is -2.19. The van der Waals surface area contributed by atoms with Crippen LogP contribution in [-0.2, 0) is 9.53 Å². The topological polar surface area (TPSA) is 139 Å². The van der Waals surface area contributed by atoms with Gasteiger partial charge in [-0.1, -0.05) is 12.1 Å². The van der Waals surface area contributed by atoms with Crippen LogP contribution in [0.15, 0.2) is 80.9 Å². The van der Waals surface area contributed by atoms with Crippen LogP contribution in [0.2, 0.25) is 0 Å². The van der Waals surface area contributed by atoms with Crippen molar-refractivity contribution in [3.63, 3.8) is 0 Å². The SMILES string of the molecule is COC(=O)C[C@@H](c1cc2ccc(OC)cc2[nH]c1=O)c1c(O)ccc2c(=O)c(-c3ccc(O)cc3)coc12. The number of rotatable bonds is 6. The molecule has 5 rings (SSSR count). The Morgan fingerprint density at radius 2 is 1.76 bits per heavy atom. The lowest BCUT2D eigenvalue weighted by Crippen LogP contribution is -2.20. The summed E-state index contributed by atoms with van der Waals surface area (Å²) >= 11 is 0. The minimum Gasteiger partial charge on any atom is -0.508 e. The lowest BCUT2D eigenvalue weighted by atomic mass is 9.86. The van der Waals surface area contributed by atoms with Gasteiger partial charge < -0.3 is 29.1 Å². The molecule has 0 saturated heterocycles. The number of methoxy groups -OCH3 is 2. The van der Waals surface area contributed by atoms with Gasteiger partial charge in [0.05, 0.1) is 37.1 Å². The molecule has 0 radical (unpaired) electrons. The van der Waals surface area contributed by atoms with Gasteiger partial charge in [-0.05, 0) is 53.4 Å². The highest BCUT2D eigenvalue weighted by Gasteiger charge is 2.29. The first kappa shape index (κ1) is 24.6. The first-order chi connectivity index (χ1) is 18.3. The van der Waals surface area contributed by atoms with E-state index in [0.717, 1.165) is 0 Å². The van der Waals surface area contributed by atoms with Crippen LogP contribution in [0.4, 0.5) is 0 Å². The van der Waals surface area contributed by atoms with Gasteiger partial charge in [-0.25, -0.2) is 0 Å². The Kier molecular flexibility index (Phi) is 6.34. The molecule has 38 heavy (non-hydrogen) atoms. The van der Waals surface area contributed by atoms with Crippen LogP contribution in [-0.4, -0.2) is 35.4 Å². The summed E-state index contributed by atoms with van der Waals surface area (Å²) < 4.78 is 16.0. The first-order valence-electron chi connectivity index (χ1n) is 11.6. The molecule has 3 N–H and O–H groups in total. The molecule has 0 fully saturated rings. The summed E-state index contributed by atoms with van der Waals surface area (Å²) in [5.74, 6) is -1.25. The van der Waals surface area contributed by atoms with E-state index in [4.69, 9.17) is 13.9 Å². The van der Waals surface area contributed by atoms with Crippen molar-refractivity contribution < 1.29 is 28.9 Å². The van der Waals surface area contributed by atoms with Crippen LogP contribution in [0.5, 0.6) is 17.2 Å². The molecule has 0 bridgehead atoms. The molecule has 0 aliphatic rings. The monoisotopic (exact) mass is 513 g/mol. The Hall–Kier alpha value is -5.05. The van der Waals surface area contributed by atoms with E-state index in [0.29, 0.717) is 22.2 Å². The summed E-state index contributed by atoms with van der Waals surface area (Å²) in [5, 5.41) is 21.3. The number of esters is 1. The number of hydrogen-bond donors (Lipinski definition) is 3. The Morgan fingerprint density at radius 1 is 1.00 bits per heavy atom. The van der Waals surface area contributed by atoms with Gasteiger partial charge in [0, 0.05) is 23.1 Å². The fourth-order valence-corrected chi connectivity index (χ4v) is 4.59. The number of carbonyl (C=O) groups is 1. The van der Waals surface area contributed by atoms with E-state index in [9.17, 15) is 24.6 Å². The predicted molar refractivity (Wildman–Crippen MR) is 141 cm³/mol. The van der Waals surface area contributed by atoms with E-state index in [1.165, 1.54) is 44.7 Å². The largest absolute Gasteiger partial charge is 0.508 e. The number of ether oxygens (including phenoxy) is 2. The molecule has 2 aromatic heterocycles. The molecule has 5 aromatic rings. The van der Waals surface area contributed by atoms with Crippen LogP contribution in [0.25, 0.3) is 33.0 Å². The van der Waals surface area contributed by atoms with Gasteiger partial charge >= 0.3 is 5.97 Å². The molecule has 9 heteroatoms. The minimum absolute atomic E-state index is 0.0423. The maximum atomic E-state index is 13.4. The fourth-order valence-electron chi connectivity index (χ4n) is 4.59. The number of aromatic nitrogens is 1. The molecule has 9 nitrogen and oxygen atoms in total. The highest BCUT2D eigenvalue weighted by Crippen LogP contribution is 2.39. The van der Waals surface area contributed by atoms with Crippen molar-refractivity contribution in [1.29, 1.82) is 0 Å². The molecular formula is C29H23NO8. The summed E-state index contributed by atoms with van der Waals surface area (Å²) in [6, 6.07) is 15.6. The molecule has 0 saturated carbocycles. The normalized spacial score (nSPS) is 11.9. The number of phenols is 2. The molecule has 192 valence electrons. The Labute approximate surface area is 215 Å². The van der Waals surface area contributed by atoms with E-state index < -0.39 is 17.4 Å². The van der Waals surface area contributed by atoms with E-state index in [2.05, 4.69) is 4.98 Å². The Balaban J connectivity index is 1.74. The zero-order chi connectivity index (χ0) is 27.0. The molecular weight excluding hydrogens is 490 g/mol. The highest BCUT2D eigenvalue weighted by molar-refractivity contribution is 5.88. The molecule has 0 aliphatic heterocycles. The standard InChI is InChI=1S/C29H23NO8/c1-36-18-8-5-16-11-21(29(35)30-23(16)12-18)20(13-25(33)37-2)26-24(32)10-9-19-27(34)22(14-38-28(19)26)15-3-6-17(31)7-4-15/h3-12,14,20,31-32H,13H2,1-2H3,(H,30,35)/t20-/m0/s1. The smallest absolute Gasteiger partial charge is 0.306 e. The van der Waals surface area contributed by atoms with Gasteiger partial charge in [0.1, 0.15) is 29.1 Å². The lowest BCUT2D eigenvalue weighted by molar-refractivity contribution is -0.140. The number of aromatic hydroxyl groups is 2. The van der Waals surface area contributed by atoms with Crippen LogP contribution in [0, 0.1) is 0 Å². The van der Waals surface area contributed by atoms with Gasteiger partial charge in [0.15, 0.2) is 0 Å². The summed E-state index contributed by atoms with van der Waals surface area (Å²) in [6.07, 6.45) is 0.962. The Morgan fingerprint density at radius 3 is 2.47 bits per heavy atom. The quantitative estimate of drug-likeness (QED) is 0.284.